The topological polar surface area (TPSA) is 20.2 Å². The van der Waals surface area contributed by atoms with Crippen LogP contribution in [0.3, 0.4) is 0 Å². The molecule has 0 radical (unpaired) electrons. The van der Waals surface area contributed by atoms with Gasteiger partial charge in [0.1, 0.15) is 5.82 Å². The summed E-state index contributed by atoms with van der Waals surface area (Å²) in [6, 6.07) is 4.62. The van der Waals surface area contributed by atoms with E-state index >= 15 is 0 Å². The lowest BCUT2D eigenvalue weighted by atomic mass is 9.99. The summed E-state index contributed by atoms with van der Waals surface area (Å²) in [4.78, 5) is 0. The lowest BCUT2D eigenvalue weighted by Crippen LogP contribution is -2.10. The van der Waals surface area contributed by atoms with E-state index in [0.29, 0.717) is 5.92 Å². The first-order chi connectivity index (χ1) is 6.58. The van der Waals surface area contributed by atoms with E-state index in [0.717, 1.165) is 24.0 Å². The molecule has 1 nitrogen and oxygen atoms in total. The molecular weight excluding hydrogens is 179 g/mol. The molecule has 2 unspecified atom stereocenters. The van der Waals surface area contributed by atoms with Gasteiger partial charge in [-0.15, -0.1) is 0 Å². The van der Waals surface area contributed by atoms with Gasteiger partial charge in [-0.2, -0.15) is 0 Å². The number of hydrogen-bond acceptors (Lipinski definition) is 1. The molecule has 0 aromatic heterocycles. The largest absolute Gasteiger partial charge is 0.385 e. The Hall–Kier alpha value is -0.890. The zero-order chi connectivity index (χ0) is 10.3. The predicted molar refractivity (Wildman–Crippen MR) is 53.4 cm³/mol. The normalized spacial score (nSPS) is 30.4. The van der Waals surface area contributed by atoms with Crippen molar-refractivity contribution in [3.8, 4) is 0 Å². The fourth-order valence-corrected chi connectivity index (χ4v) is 2.24. The van der Waals surface area contributed by atoms with Crippen LogP contribution in [-0.4, -0.2) is 5.11 Å². The number of aliphatic hydroxyl groups is 1. The molecule has 0 bridgehead atoms. The van der Waals surface area contributed by atoms with E-state index in [1.807, 2.05) is 6.92 Å². The highest BCUT2D eigenvalue weighted by molar-refractivity contribution is 5.36. The van der Waals surface area contributed by atoms with Crippen LogP contribution in [0.4, 0.5) is 4.39 Å². The molecule has 0 saturated heterocycles. The van der Waals surface area contributed by atoms with Crippen LogP contribution in [0.1, 0.15) is 30.9 Å². The highest BCUT2D eigenvalue weighted by Gasteiger charge is 2.53. The van der Waals surface area contributed by atoms with E-state index in [1.165, 1.54) is 12.1 Å². The second-order valence-electron chi connectivity index (χ2n) is 4.19. The molecule has 0 heterocycles. The van der Waals surface area contributed by atoms with E-state index in [-0.39, 0.29) is 5.82 Å². The fraction of sp³-hybridized carbons (Fsp3) is 0.500. The van der Waals surface area contributed by atoms with Crippen LogP contribution in [0.5, 0.6) is 0 Å². The molecule has 1 saturated carbocycles. The maximum atomic E-state index is 12.9. The number of halogens is 1. The summed E-state index contributed by atoms with van der Waals surface area (Å²) in [5, 5.41) is 10.2. The number of benzene rings is 1. The van der Waals surface area contributed by atoms with E-state index < -0.39 is 5.60 Å². The Bertz CT molecular complexity index is 361. The first-order valence-corrected chi connectivity index (χ1v) is 5.07. The summed E-state index contributed by atoms with van der Waals surface area (Å²) in [5.74, 6) is 0.121. The second-order valence-corrected chi connectivity index (χ2v) is 4.19. The first kappa shape index (κ1) is 9.66. The van der Waals surface area contributed by atoms with Crippen molar-refractivity contribution in [2.45, 2.75) is 32.3 Å². The van der Waals surface area contributed by atoms with Crippen LogP contribution in [0.25, 0.3) is 0 Å². The molecule has 0 spiro atoms. The summed E-state index contributed by atoms with van der Waals surface area (Å²) in [6.45, 7) is 3.92. The van der Waals surface area contributed by atoms with Gasteiger partial charge in [-0.3, -0.25) is 0 Å². The molecule has 1 N–H and O–H groups in total. The average molecular weight is 194 g/mol. The van der Waals surface area contributed by atoms with Crippen LogP contribution in [0.2, 0.25) is 0 Å². The van der Waals surface area contributed by atoms with Gasteiger partial charge in [-0.05, 0) is 42.5 Å². The number of hydrogen-bond donors (Lipinski definition) is 1. The molecule has 1 fully saturated rings. The molecule has 2 rings (SSSR count). The molecule has 1 aromatic carbocycles. The van der Waals surface area contributed by atoms with Crippen molar-refractivity contribution in [1.82, 2.24) is 0 Å². The van der Waals surface area contributed by atoms with Crippen molar-refractivity contribution in [2.75, 3.05) is 0 Å². The van der Waals surface area contributed by atoms with Gasteiger partial charge in [0.15, 0.2) is 0 Å². The third-order valence-electron chi connectivity index (χ3n) is 3.22. The highest BCUT2D eigenvalue weighted by Crippen LogP contribution is 2.54. The zero-order valence-electron chi connectivity index (χ0n) is 8.55. The first-order valence-electron chi connectivity index (χ1n) is 5.07. The Morgan fingerprint density at radius 2 is 2.29 bits per heavy atom. The molecule has 2 atom stereocenters. The van der Waals surface area contributed by atoms with E-state index in [4.69, 9.17) is 0 Å². The minimum Gasteiger partial charge on any atom is -0.385 e. The van der Waals surface area contributed by atoms with E-state index in [2.05, 4.69) is 6.92 Å². The molecule has 2 heteroatoms. The molecule has 0 aliphatic heterocycles. The minimum atomic E-state index is -0.674. The van der Waals surface area contributed by atoms with Crippen molar-refractivity contribution in [2.24, 2.45) is 5.92 Å². The lowest BCUT2D eigenvalue weighted by molar-refractivity contribution is 0.129. The quantitative estimate of drug-likeness (QED) is 0.767. The Morgan fingerprint density at radius 3 is 2.79 bits per heavy atom. The second kappa shape index (κ2) is 3.06. The van der Waals surface area contributed by atoms with Crippen molar-refractivity contribution in [3.05, 3.63) is 35.1 Å². The molecule has 14 heavy (non-hydrogen) atoms. The molecule has 1 aromatic rings. The van der Waals surface area contributed by atoms with Gasteiger partial charge in [0.2, 0.25) is 0 Å². The average Bonchev–Trinajstić information content (AvgIpc) is 2.77. The monoisotopic (exact) mass is 194 g/mol. The Labute approximate surface area is 83.6 Å². The number of aryl methyl sites for hydroxylation is 1. The maximum absolute atomic E-state index is 12.9. The highest BCUT2D eigenvalue weighted by atomic mass is 19.1. The van der Waals surface area contributed by atoms with E-state index in [1.54, 1.807) is 6.07 Å². The zero-order valence-corrected chi connectivity index (χ0v) is 8.55. The summed E-state index contributed by atoms with van der Waals surface area (Å²) in [7, 11) is 0. The van der Waals surface area contributed by atoms with Crippen LogP contribution in [-0.2, 0) is 5.60 Å². The van der Waals surface area contributed by atoms with Gasteiger partial charge in [-0.1, -0.05) is 19.4 Å². The van der Waals surface area contributed by atoms with Gasteiger partial charge in [0.05, 0.1) is 5.60 Å². The van der Waals surface area contributed by atoms with Gasteiger partial charge >= 0.3 is 0 Å². The van der Waals surface area contributed by atoms with Crippen LogP contribution < -0.4 is 0 Å². The third-order valence-corrected chi connectivity index (χ3v) is 3.22. The van der Waals surface area contributed by atoms with Crippen molar-refractivity contribution < 1.29 is 9.50 Å². The SMILES string of the molecule is CCC1CC1(O)c1ccc(F)cc1C. The van der Waals surface area contributed by atoms with Gasteiger partial charge < -0.3 is 5.11 Å². The maximum Gasteiger partial charge on any atom is 0.123 e. The lowest BCUT2D eigenvalue weighted by Gasteiger charge is -2.13. The Kier molecular flexibility index (Phi) is 2.11. The molecule has 76 valence electrons. The molecule has 1 aliphatic rings. The predicted octanol–water partition coefficient (Wildman–Crippen LogP) is 2.75. The standard InChI is InChI=1S/C12H15FO/c1-3-9-7-12(9,14)11-5-4-10(13)6-8(11)2/h4-6,9,14H,3,7H2,1-2H3. The minimum absolute atomic E-state index is 0.233. The van der Waals surface area contributed by atoms with Crippen molar-refractivity contribution >= 4 is 0 Å². The van der Waals surface area contributed by atoms with Crippen LogP contribution in [0, 0.1) is 18.7 Å². The summed E-state index contributed by atoms with van der Waals surface area (Å²) in [5.41, 5.74) is 1.07. The molecule has 0 amide bonds. The summed E-state index contributed by atoms with van der Waals surface area (Å²) < 4.78 is 12.9. The van der Waals surface area contributed by atoms with Gasteiger partial charge in [-0.25, -0.2) is 4.39 Å². The van der Waals surface area contributed by atoms with Crippen molar-refractivity contribution in [3.63, 3.8) is 0 Å². The summed E-state index contributed by atoms with van der Waals surface area (Å²) in [6.07, 6.45) is 1.79. The van der Waals surface area contributed by atoms with Crippen LogP contribution in [0.15, 0.2) is 18.2 Å². The summed E-state index contributed by atoms with van der Waals surface area (Å²) >= 11 is 0. The fourth-order valence-electron chi connectivity index (χ4n) is 2.24. The number of rotatable bonds is 2. The van der Waals surface area contributed by atoms with Gasteiger partial charge in [0.25, 0.3) is 0 Å². The van der Waals surface area contributed by atoms with E-state index in [9.17, 15) is 9.50 Å². The smallest absolute Gasteiger partial charge is 0.123 e. The Balaban J connectivity index is 2.34. The van der Waals surface area contributed by atoms with Crippen LogP contribution >= 0.6 is 0 Å². The molecular formula is C12H15FO. The Morgan fingerprint density at radius 1 is 1.57 bits per heavy atom. The van der Waals surface area contributed by atoms with Crippen molar-refractivity contribution in [1.29, 1.82) is 0 Å². The van der Waals surface area contributed by atoms with Gasteiger partial charge in [0, 0.05) is 0 Å². The molecule has 1 aliphatic carbocycles. The third kappa shape index (κ3) is 1.34.